The molecule has 0 aliphatic carbocycles. The fourth-order valence-electron chi connectivity index (χ4n) is 1.66. The minimum Gasteiger partial charge on any atom is -0.444 e. The molecule has 24 heavy (non-hydrogen) atoms. The van der Waals surface area contributed by atoms with Crippen LogP contribution in [-0.2, 0) is 4.74 Å². The number of hydrogen-bond donors (Lipinski definition) is 3. The minimum atomic E-state index is -4.60. The Bertz CT molecular complexity index is 547. The van der Waals surface area contributed by atoms with Gasteiger partial charge in [0.2, 0.25) is 0 Å². The van der Waals surface area contributed by atoms with Gasteiger partial charge in [0.05, 0.1) is 17.5 Å². The van der Waals surface area contributed by atoms with Crippen molar-refractivity contribution in [3.05, 3.63) is 23.4 Å². The molecule has 0 saturated heterocycles. The van der Waals surface area contributed by atoms with Crippen LogP contribution in [-0.4, -0.2) is 40.2 Å². The molecule has 1 heterocycles. The van der Waals surface area contributed by atoms with Crippen molar-refractivity contribution >= 4 is 23.5 Å². The lowest BCUT2D eigenvalue weighted by Crippen LogP contribution is -2.50. The second kappa shape index (κ2) is 7.89. The van der Waals surface area contributed by atoms with Crippen LogP contribution in [0, 0.1) is 0 Å². The van der Waals surface area contributed by atoms with E-state index < -0.39 is 36.6 Å². The van der Waals surface area contributed by atoms with E-state index in [-0.39, 0.29) is 5.82 Å². The highest BCUT2D eigenvalue weighted by molar-refractivity contribution is 6.30. The molecule has 0 aliphatic rings. The number of rotatable bonds is 5. The van der Waals surface area contributed by atoms with Gasteiger partial charge in [-0.05, 0) is 32.9 Å². The standard InChI is InChI=1S/C14H19ClF3N3O3/c1-13(2,3)24-12(23)20-9(6-14(16,17)18)11(22)21-10-5-4-8(15)7-19-10/h4-5,7,9,11,22H,6H2,1-3H3,(H,19,21)(H,20,23). The summed E-state index contributed by atoms with van der Waals surface area (Å²) in [6.07, 6.45) is -7.60. The number of aromatic nitrogens is 1. The van der Waals surface area contributed by atoms with Crippen molar-refractivity contribution in [1.82, 2.24) is 10.3 Å². The van der Waals surface area contributed by atoms with Crippen molar-refractivity contribution < 1.29 is 27.8 Å². The number of pyridine rings is 1. The molecule has 6 nitrogen and oxygen atoms in total. The first-order valence-corrected chi connectivity index (χ1v) is 7.36. The summed E-state index contributed by atoms with van der Waals surface area (Å²) in [6, 6.07) is 1.16. The second-order valence-corrected chi connectivity index (χ2v) is 6.46. The van der Waals surface area contributed by atoms with Crippen molar-refractivity contribution in [2.45, 2.75) is 51.2 Å². The number of alkyl halides is 3. The summed E-state index contributed by atoms with van der Waals surface area (Å²) in [5.41, 5.74) is -0.886. The molecule has 0 aromatic carbocycles. The number of nitrogens with zero attached hydrogens (tertiary/aromatic N) is 1. The van der Waals surface area contributed by atoms with E-state index in [9.17, 15) is 23.1 Å². The first kappa shape index (κ1) is 20.3. The molecular weight excluding hydrogens is 351 g/mol. The summed E-state index contributed by atoms with van der Waals surface area (Å²) in [4.78, 5) is 15.5. The molecule has 1 aromatic rings. The minimum absolute atomic E-state index is 0.102. The zero-order valence-electron chi connectivity index (χ0n) is 13.3. The molecule has 2 atom stereocenters. The van der Waals surface area contributed by atoms with E-state index >= 15 is 0 Å². The first-order valence-electron chi connectivity index (χ1n) is 6.98. The maximum absolute atomic E-state index is 12.7. The van der Waals surface area contributed by atoms with Gasteiger partial charge in [-0.25, -0.2) is 9.78 Å². The molecule has 136 valence electrons. The summed E-state index contributed by atoms with van der Waals surface area (Å²) in [5, 5.41) is 14.7. The smallest absolute Gasteiger partial charge is 0.408 e. The third-order valence-corrected chi connectivity index (χ3v) is 2.78. The lowest BCUT2D eigenvalue weighted by molar-refractivity contribution is -0.144. The number of aliphatic hydroxyl groups is 1. The Morgan fingerprint density at radius 3 is 2.46 bits per heavy atom. The van der Waals surface area contributed by atoms with Crippen molar-refractivity contribution in [1.29, 1.82) is 0 Å². The van der Waals surface area contributed by atoms with Crippen LogP contribution in [0.15, 0.2) is 18.3 Å². The summed E-state index contributed by atoms with van der Waals surface area (Å²) in [6.45, 7) is 4.70. The quantitative estimate of drug-likeness (QED) is 0.693. The van der Waals surface area contributed by atoms with E-state index in [1.54, 1.807) is 20.8 Å². The lowest BCUT2D eigenvalue weighted by atomic mass is 10.1. The summed E-state index contributed by atoms with van der Waals surface area (Å²) in [5.74, 6) is 0.102. The molecular formula is C14H19ClF3N3O3. The van der Waals surface area contributed by atoms with E-state index in [1.165, 1.54) is 18.3 Å². The number of hydrogen-bond acceptors (Lipinski definition) is 5. The van der Waals surface area contributed by atoms with Crippen LogP contribution < -0.4 is 10.6 Å². The molecule has 0 spiro atoms. The number of carbonyl (C=O) groups is 1. The zero-order chi connectivity index (χ0) is 18.5. The summed E-state index contributed by atoms with van der Waals surface area (Å²) < 4.78 is 43.0. The van der Waals surface area contributed by atoms with Crippen LogP contribution in [0.2, 0.25) is 5.02 Å². The van der Waals surface area contributed by atoms with Gasteiger partial charge in [-0.2, -0.15) is 13.2 Å². The largest absolute Gasteiger partial charge is 0.444 e. The Morgan fingerprint density at radius 2 is 2.00 bits per heavy atom. The highest BCUT2D eigenvalue weighted by atomic mass is 35.5. The predicted molar refractivity (Wildman–Crippen MR) is 82.7 cm³/mol. The maximum atomic E-state index is 12.7. The molecule has 0 bridgehead atoms. The molecule has 0 fully saturated rings. The van der Waals surface area contributed by atoms with Crippen LogP contribution in [0.25, 0.3) is 0 Å². The highest BCUT2D eigenvalue weighted by Crippen LogP contribution is 2.24. The van der Waals surface area contributed by atoms with Gasteiger partial charge < -0.3 is 20.5 Å². The predicted octanol–water partition coefficient (Wildman–Crippen LogP) is 3.31. The van der Waals surface area contributed by atoms with Gasteiger partial charge >= 0.3 is 12.3 Å². The van der Waals surface area contributed by atoms with Gasteiger partial charge in [0.15, 0.2) is 0 Å². The van der Waals surface area contributed by atoms with E-state index in [4.69, 9.17) is 16.3 Å². The Labute approximate surface area is 142 Å². The fraction of sp³-hybridized carbons (Fsp3) is 0.571. The number of ether oxygens (including phenoxy) is 1. The highest BCUT2D eigenvalue weighted by Gasteiger charge is 2.37. The summed E-state index contributed by atoms with van der Waals surface area (Å²) >= 11 is 5.65. The topological polar surface area (TPSA) is 83.5 Å². The second-order valence-electron chi connectivity index (χ2n) is 6.02. The number of carbonyl (C=O) groups excluding carboxylic acids is 1. The normalized spacial score (nSPS) is 14.7. The first-order chi connectivity index (χ1) is 10.9. The molecule has 2 unspecified atom stereocenters. The van der Waals surface area contributed by atoms with Gasteiger partial charge in [-0.1, -0.05) is 11.6 Å². The zero-order valence-corrected chi connectivity index (χ0v) is 14.1. The van der Waals surface area contributed by atoms with E-state index in [2.05, 4.69) is 10.3 Å². The SMILES string of the molecule is CC(C)(C)OC(=O)NC(CC(F)(F)F)C(O)Nc1ccc(Cl)cn1. The van der Waals surface area contributed by atoms with Gasteiger partial charge in [0.25, 0.3) is 0 Å². The number of alkyl carbamates (subject to hydrolysis) is 1. The molecule has 1 amide bonds. The molecule has 0 radical (unpaired) electrons. The van der Waals surface area contributed by atoms with E-state index in [1.807, 2.05) is 5.32 Å². The molecule has 1 rings (SSSR count). The maximum Gasteiger partial charge on any atom is 0.408 e. The average molecular weight is 370 g/mol. The molecule has 0 aliphatic heterocycles. The van der Waals surface area contributed by atoms with Crippen LogP contribution in [0.1, 0.15) is 27.2 Å². The number of halogens is 4. The Morgan fingerprint density at radius 1 is 1.38 bits per heavy atom. The van der Waals surface area contributed by atoms with Gasteiger partial charge in [-0.3, -0.25) is 0 Å². The van der Waals surface area contributed by atoms with Crippen LogP contribution in [0.3, 0.4) is 0 Å². The van der Waals surface area contributed by atoms with E-state index in [0.29, 0.717) is 5.02 Å². The Kier molecular flexibility index (Phi) is 6.67. The average Bonchev–Trinajstić information content (AvgIpc) is 2.36. The van der Waals surface area contributed by atoms with Gasteiger partial charge in [0.1, 0.15) is 17.6 Å². The Hall–Kier alpha value is -1.74. The molecule has 0 saturated carbocycles. The molecule has 10 heteroatoms. The number of anilines is 1. The van der Waals surface area contributed by atoms with Crippen LogP contribution >= 0.6 is 11.6 Å². The third kappa shape index (κ3) is 8.21. The van der Waals surface area contributed by atoms with Crippen molar-refractivity contribution in [3.8, 4) is 0 Å². The van der Waals surface area contributed by atoms with Crippen LogP contribution in [0.5, 0.6) is 0 Å². The number of amides is 1. The number of aliphatic hydroxyl groups excluding tert-OH is 1. The molecule has 1 aromatic heterocycles. The molecule has 3 N–H and O–H groups in total. The van der Waals surface area contributed by atoms with Crippen molar-refractivity contribution in [2.75, 3.05) is 5.32 Å². The number of nitrogens with one attached hydrogen (secondary N) is 2. The Balaban J connectivity index is 2.80. The summed E-state index contributed by atoms with van der Waals surface area (Å²) in [7, 11) is 0. The van der Waals surface area contributed by atoms with Crippen molar-refractivity contribution in [2.24, 2.45) is 0 Å². The van der Waals surface area contributed by atoms with Gasteiger partial charge in [0, 0.05) is 6.20 Å². The third-order valence-electron chi connectivity index (χ3n) is 2.56. The van der Waals surface area contributed by atoms with Gasteiger partial charge in [-0.15, -0.1) is 0 Å². The van der Waals surface area contributed by atoms with Crippen LogP contribution in [0.4, 0.5) is 23.8 Å². The monoisotopic (exact) mass is 369 g/mol. The fourth-order valence-corrected chi connectivity index (χ4v) is 1.77. The lowest BCUT2D eigenvalue weighted by Gasteiger charge is -2.28. The van der Waals surface area contributed by atoms with Crippen molar-refractivity contribution in [3.63, 3.8) is 0 Å². The van der Waals surface area contributed by atoms with E-state index in [0.717, 1.165) is 0 Å².